The maximum atomic E-state index is 13.2. The molecule has 23 heavy (non-hydrogen) atoms. The Labute approximate surface area is 135 Å². The zero-order chi connectivity index (χ0) is 17.0. The van der Waals surface area contributed by atoms with Crippen molar-refractivity contribution < 1.29 is 23.0 Å². The second-order valence-corrected chi connectivity index (χ2v) is 4.78. The van der Waals surface area contributed by atoms with Gasteiger partial charge in [-0.2, -0.15) is 5.26 Å². The summed E-state index contributed by atoms with van der Waals surface area (Å²) in [7, 11) is 0. The Hall–Kier alpha value is -2.65. The fourth-order valence-corrected chi connectivity index (χ4v) is 2.07. The molecule has 0 aliphatic carbocycles. The lowest BCUT2D eigenvalue weighted by Gasteiger charge is -2.12. The number of carbonyl (C=O) groups is 1. The van der Waals surface area contributed by atoms with Crippen molar-refractivity contribution in [3.63, 3.8) is 0 Å². The Balaban J connectivity index is 2.38. The normalized spacial score (nSPS) is 10.0. The number of benzene rings is 2. The van der Waals surface area contributed by atoms with Gasteiger partial charge in [0.1, 0.15) is 11.6 Å². The first-order valence-electron chi connectivity index (χ1n) is 6.49. The smallest absolute Gasteiger partial charge is 0.343 e. The molecule has 2 aromatic rings. The lowest BCUT2D eigenvalue weighted by Crippen LogP contribution is -2.11. The molecular formula is C16H10ClF2NO3. The van der Waals surface area contributed by atoms with Gasteiger partial charge in [-0.25, -0.2) is 13.6 Å². The lowest BCUT2D eigenvalue weighted by molar-refractivity contribution is 0.0727. The summed E-state index contributed by atoms with van der Waals surface area (Å²) in [5.41, 5.74) is -0.0968. The molecule has 7 heteroatoms. The number of nitrogens with zero attached hydrogens (tertiary/aromatic N) is 1. The largest absolute Gasteiger partial charge is 0.490 e. The zero-order valence-electron chi connectivity index (χ0n) is 11.9. The van der Waals surface area contributed by atoms with Gasteiger partial charge in [0.15, 0.2) is 11.5 Å². The van der Waals surface area contributed by atoms with Crippen molar-refractivity contribution >= 4 is 17.6 Å². The van der Waals surface area contributed by atoms with Crippen molar-refractivity contribution in [1.29, 1.82) is 5.26 Å². The highest BCUT2D eigenvalue weighted by Gasteiger charge is 2.18. The zero-order valence-corrected chi connectivity index (χ0v) is 12.7. The molecule has 0 saturated heterocycles. The van der Waals surface area contributed by atoms with E-state index in [-0.39, 0.29) is 34.3 Å². The average Bonchev–Trinajstić information content (AvgIpc) is 2.49. The molecule has 0 heterocycles. The van der Waals surface area contributed by atoms with Crippen molar-refractivity contribution in [3.05, 3.63) is 58.1 Å². The number of hydrogen-bond donors (Lipinski definition) is 0. The second kappa shape index (κ2) is 7.07. The summed E-state index contributed by atoms with van der Waals surface area (Å²) in [5, 5.41) is 8.88. The van der Waals surface area contributed by atoms with Crippen LogP contribution in [-0.4, -0.2) is 12.6 Å². The summed E-state index contributed by atoms with van der Waals surface area (Å²) in [4.78, 5) is 12.0. The van der Waals surface area contributed by atoms with Crippen LogP contribution >= 0.6 is 11.6 Å². The van der Waals surface area contributed by atoms with E-state index >= 15 is 0 Å². The fraction of sp³-hybridized carbons (Fsp3) is 0.125. The van der Waals surface area contributed by atoms with E-state index in [4.69, 9.17) is 26.3 Å². The van der Waals surface area contributed by atoms with Crippen molar-refractivity contribution in [3.8, 4) is 17.6 Å². The first-order valence-corrected chi connectivity index (χ1v) is 6.87. The molecule has 0 aliphatic rings. The number of halogens is 3. The minimum Gasteiger partial charge on any atom is -0.490 e. The standard InChI is InChI=1S/C16H10ClF2NO3/c1-2-22-14-4-9(8-20)3-13(17)15(14)23-16(21)10-5-11(18)7-12(19)6-10/h3-7H,2H2,1H3. The number of hydrogen-bond acceptors (Lipinski definition) is 4. The van der Waals surface area contributed by atoms with Crippen LogP contribution < -0.4 is 9.47 Å². The highest BCUT2D eigenvalue weighted by Crippen LogP contribution is 2.37. The van der Waals surface area contributed by atoms with E-state index in [1.807, 2.05) is 6.07 Å². The van der Waals surface area contributed by atoms with E-state index in [1.165, 1.54) is 12.1 Å². The molecule has 0 saturated carbocycles. The van der Waals surface area contributed by atoms with Crippen molar-refractivity contribution in [2.45, 2.75) is 6.92 Å². The fourth-order valence-electron chi connectivity index (χ4n) is 1.82. The number of ether oxygens (including phenoxy) is 2. The predicted octanol–water partition coefficient (Wildman–Crippen LogP) is 4.11. The van der Waals surface area contributed by atoms with Crippen LogP contribution in [0.25, 0.3) is 0 Å². The Bertz CT molecular complexity index is 782. The molecule has 0 aliphatic heterocycles. The van der Waals surface area contributed by atoms with Gasteiger partial charge in [-0.05, 0) is 25.1 Å². The third-order valence-electron chi connectivity index (χ3n) is 2.73. The van der Waals surface area contributed by atoms with Crippen LogP contribution in [-0.2, 0) is 0 Å². The number of rotatable bonds is 4. The third kappa shape index (κ3) is 3.96. The number of carbonyl (C=O) groups excluding carboxylic acids is 1. The van der Waals surface area contributed by atoms with Crippen LogP contribution in [0, 0.1) is 23.0 Å². The highest BCUT2D eigenvalue weighted by molar-refractivity contribution is 6.32. The van der Waals surface area contributed by atoms with E-state index in [2.05, 4.69) is 0 Å². The maximum Gasteiger partial charge on any atom is 0.343 e. The average molecular weight is 338 g/mol. The molecule has 2 rings (SSSR count). The minimum atomic E-state index is -1.00. The van der Waals surface area contributed by atoms with Crippen LogP contribution in [0.2, 0.25) is 5.02 Å². The molecule has 0 atom stereocenters. The molecule has 0 aromatic heterocycles. The number of esters is 1. The topological polar surface area (TPSA) is 59.3 Å². The van der Waals surface area contributed by atoms with E-state index in [0.717, 1.165) is 12.1 Å². The summed E-state index contributed by atoms with van der Waals surface area (Å²) in [6, 6.07) is 6.84. The maximum absolute atomic E-state index is 13.2. The summed E-state index contributed by atoms with van der Waals surface area (Å²) < 4.78 is 36.7. The SMILES string of the molecule is CCOc1cc(C#N)cc(Cl)c1OC(=O)c1cc(F)cc(F)c1. The summed E-state index contributed by atoms with van der Waals surface area (Å²) in [5.74, 6) is -2.86. The van der Waals surface area contributed by atoms with Crippen LogP contribution in [0.1, 0.15) is 22.8 Å². The van der Waals surface area contributed by atoms with Gasteiger partial charge in [-0.1, -0.05) is 11.6 Å². The van der Waals surface area contributed by atoms with Gasteiger partial charge in [0.05, 0.1) is 28.8 Å². The summed E-state index contributed by atoms with van der Waals surface area (Å²) >= 11 is 5.99. The van der Waals surface area contributed by atoms with Crippen molar-refractivity contribution in [2.24, 2.45) is 0 Å². The van der Waals surface area contributed by atoms with Crippen molar-refractivity contribution in [1.82, 2.24) is 0 Å². The van der Waals surface area contributed by atoms with Gasteiger partial charge in [0, 0.05) is 12.1 Å². The van der Waals surface area contributed by atoms with Crippen LogP contribution in [0.3, 0.4) is 0 Å². The molecule has 0 spiro atoms. The Morgan fingerprint density at radius 1 is 1.22 bits per heavy atom. The first kappa shape index (κ1) is 16.7. The van der Waals surface area contributed by atoms with Gasteiger partial charge in [-0.15, -0.1) is 0 Å². The molecule has 0 fully saturated rings. The van der Waals surface area contributed by atoms with Crippen LogP contribution in [0.15, 0.2) is 30.3 Å². The first-order chi connectivity index (χ1) is 10.9. The third-order valence-corrected chi connectivity index (χ3v) is 3.01. The van der Waals surface area contributed by atoms with E-state index in [9.17, 15) is 13.6 Å². The molecule has 0 radical (unpaired) electrons. The van der Waals surface area contributed by atoms with Gasteiger partial charge in [0.2, 0.25) is 0 Å². The van der Waals surface area contributed by atoms with E-state index in [1.54, 1.807) is 6.92 Å². The molecule has 0 amide bonds. The molecule has 0 N–H and O–H groups in total. The quantitative estimate of drug-likeness (QED) is 0.622. The van der Waals surface area contributed by atoms with Gasteiger partial charge in [-0.3, -0.25) is 0 Å². The minimum absolute atomic E-state index is 0.0299. The number of nitriles is 1. The Kier molecular flexibility index (Phi) is 5.14. The molecular weight excluding hydrogens is 328 g/mol. The molecule has 0 bridgehead atoms. The Morgan fingerprint density at radius 3 is 2.43 bits per heavy atom. The van der Waals surface area contributed by atoms with Crippen molar-refractivity contribution in [2.75, 3.05) is 6.61 Å². The van der Waals surface area contributed by atoms with E-state index < -0.39 is 17.6 Å². The van der Waals surface area contributed by atoms with Crippen LogP contribution in [0.5, 0.6) is 11.5 Å². The van der Waals surface area contributed by atoms with Gasteiger partial charge in [0.25, 0.3) is 0 Å². The van der Waals surface area contributed by atoms with Crippen LogP contribution in [0.4, 0.5) is 8.78 Å². The van der Waals surface area contributed by atoms with Gasteiger partial charge < -0.3 is 9.47 Å². The summed E-state index contributed by atoms with van der Waals surface area (Å²) in [6.45, 7) is 1.94. The highest BCUT2D eigenvalue weighted by atomic mass is 35.5. The molecule has 118 valence electrons. The van der Waals surface area contributed by atoms with Gasteiger partial charge >= 0.3 is 5.97 Å². The lowest BCUT2D eigenvalue weighted by atomic mass is 10.2. The monoisotopic (exact) mass is 337 g/mol. The molecule has 0 unspecified atom stereocenters. The van der Waals surface area contributed by atoms with E-state index in [0.29, 0.717) is 6.07 Å². The second-order valence-electron chi connectivity index (χ2n) is 4.38. The predicted molar refractivity (Wildman–Crippen MR) is 78.7 cm³/mol. The molecule has 2 aromatic carbocycles. The molecule has 4 nitrogen and oxygen atoms in total. The summed E-state index contributed by atoms with van der Waals surface area (Å²) in [6.07, 6.45) is 0. The Morgan fingerprint density at radius 2 is 1.87 bits per heavy atom.